The van der Waals surface area contributed by atoms with Crippen molar-refractivity contribution in [2.45, 2.75) is 13.8 Å². The average molecular weight is 383 g/mol. The molecule has 0 bridgehead atoms. The Morgan fingerprint density at radius 2 is 1.89 bits per heavy atom. The van der Waals surface area contributed by atoms with E-state index in [1.54, 1.807) is 30.5 Å². The summed E-state index contributed by atoms with van der Waals surface area (Å²) in [5.41, 5.74) is 6.03. The van der Waals surface area contributed by atoms with E-state index in [2.05, 4.69) is 15.6 Å². The Balaban J connectivity index is 1.62. The van der Waals surface area contributed by atoms with Gasteiger partial charge in [0.25, 0.3) is 5.91 Å². The van der Waals surface area contributed by atoms with Crippen molar-refractivity contribution >= 4 is 23.7 Å². The second kappa shape index (κ2) is 8.51. The summed E-state index contributed by atoms with van der Waals surface area (Å²) in [6, 6.07) is 16.8. The van der Waals surface area contributed by atoms with Crippen LogP contribution in [0.2, 0.25) is 5.02 Å². The number of hydrogen-bond donors (Lipinski definition) is 1. The highest BCUT2D eigenvalue weighted by Gasteiger charge is 2.11. The summed E-state index contributed by atoms with van der Waals surface area (Å²) >= 11 is 5.98. The molecule has 0 fully saturated rings. The fourth-order valence-electron chi connectivity index (χ4n) is 2.57. The van der Waals surface area contributed by atoms with Crippen LogP contribution in [0.1, 0.15) is 17.0 Å². The summed E-state index contributed by atoms with van der Waals surface area (Å²) in [6.45, 7) is 3.68. The maximum atomic E-state index is 11.9. The number of ether oxygens (including phenoxy) is 1. The highest BCUT2D eigenvalue weighted by Crippen LogP contribution is 2.22. The number of aromatic nitrogens is 2. The number of halogens is 1. The van der Waals surface area contributed by atoms with Gasteiger partial charge in [0.2, 0.25) is 0 Å². The highest BCUT2D eigenvalue weighted by atomic mass is 35.5. The minimum atomic E-state index is -0.378. The second-order valence-corrected chi connectivity index (χ2v) is 6.25. The van der Waals surface area contributed by atoms with Gasteiger partial charge in [0.15, 0.2) is 6.61 Å². The average Bonchev–Trinajstić information content (AvgIpc) is 2.96. The van der Waals surface area contributed by atoms with E-state index in [0.717, 1.165) is 22.6 Å². The molecule has 138 valence electrons. The molecule has 27 heavy (non-hydrogen) atoms. The maximum absolute atomic E-state index is 11.9. The molecule has 0 aliphatic heterocycles. The summed E-state index contributed by atoms with van der Waals surface area (Å²) in [7, 11) is 0. The van der Waals surface area contributed by atoms with Gasteiger partial charge in [0.05, 0.1) is 28.3 Å². The molecule has 1 heterocycles. The van der Waals surface area contributed by atoms with Gasteiger partial charge in [-0.1, -0.05) is 41.9 Å². The van der Waals surface area contributed by atoms with Crippen LogP contribution >= 0.6 is 11.6 Å². The van der Waals surface area contributed by atoms with E-state index in [4.69, 9.17) is 16.3 Å². The Bertz CT molecular complexity index is 967. The first kappa shape index (κ1) is 18.7. The molecule has 7 heteroatoms. The van der Waals surface area contributed by atoms with Crippen molar-refractivity contribution in [3.8, 4) is 11.4 Å². The number of rotatable bonds is 6. The van der Waals surface area contributed by atoms with E-state index in [1.807, 2.05) is 48.9 Å². The van der Waals surface area contributed by atoms with E-state index < -0.39 is 0 Å². The molecule has 0 saturated carbocycles. The van der Waals surface area contributed by atoms with Crippen LogP contribution in [0.15, 0.2) is 59.7 Å². The lowest BCUT2D eigenvalue weighted by Crippen LogP contribution is -2.24. The minimum absolute atomic E-state index is 0.178. The van der Waals surface area contributed by atoms with E-state index in [0.29, 0.717) is 10.8 Å². The molecular weight excluding hydrogens is 364 g/mol. The molecule has 0 aliphatic carbocycles. The Hall–Kier alpha value is -3.12. The number of hydrogen-bond acceptors (Lipinski definition) is 4. The quantitative estimate of drug-likeness (QED) is 0.522. The predicted octanol–water partition coefficient (Wildman–Crippen LogP) is 3.67. The largest absolute Gasteiger partial charge is 0.482 e. The first-order valence-corrected chi connectivity index (χ1v) is 8.75. The van der Waals surface area contributed by atoms with Gasteiger partial charge in [-0.3, -0.25) is 4.79 Å². The van der Waals surface area contributed by atoms with E-state index in [-0.39, 0.29) is 12.5 Å². The van der Waals surface area contributed by atoms with E-state index >= 15 is 0 Å². The standard InChI is InChI=1S/C20H19ClN4O2/c1-14-17(15(2)25(24-14)16-8-4-3-5-9-16)12-22-23-20(26)13-27-19-11-7-6-10-18(19)21/h3-12H,13H2,1-2H3,(H,23,26)/b22-12-. The molecule has 1 amide bonds. The van der Waals surface area contributed by atoms with Crippen LogP contribution in [0.3, 0.4) is 0 Å². The van der Waals surface area contributed by atoms with Crippen molar-refractivity contribution in [1.82, 2.24) is 15.2 Å². The number of carbonyl (C=O) groups excluding carboxylic acids is 1. The molecule has 6 nitrogen and oxygen atoms in total. The number of benzene rings is 2. The summed E-state index contributed by atoms with van der Waals surface area (Å²) < 4.78 is 7.22. The SMILES string of the molecule is Cc1nn(-c2ccccc2)c(C)c1/C=N\NC(=O)COc1ccccc1Cl. The Morgan fingerprint density at radius 3 is 2.63 bits per heavy atom. The van der Waals surface area contributed by atoms with E-state index in [9.17, 15) is 4.79 Å². The van der Waals surface area contributed by atoms with Crippen LogP contribution in [-0.2, 0) is 4.79 Å². The molecule has 2 aromatic carbocycles. The molecule has 0 unspecified atom stereocenters. The van der Waals surface area contributed by atoms with Crippen LogP contribution in [-0.4, -0.2) is 28.5 Å². The zero-order valence-corrected chi connectivity index (χ0v) is 15.8. The third-order valence-corrected chi connectivity index (χ3v) is 4.24. The number of para-hydroxylation sites is 2. The first-order chi connectivity index (χ1) is 13.1. The van der Waals surface area contributed by atoms with Gasteiger partial charge in [-0.15, -0.1) is 0 Å². The second-order valence-electron chi connectivity index (χ2n) is 5.84. The van der Waals surface area contributed by atoms with Crippen molar-refractivity contribution < 1.29 is 9.53 Å². The van der Waals surface area contributed by atoms with Gasteiger partial charge in [-0.2, -0.15) is 10.2 Å². The van der Waals surface area contributed by atoms with Crippen LogP contribution in [0.5, 0.6) is 5.75 Å². The third kappa shape index (κ3) is 4.54. The van der Waals surface area contributed by atoms with Crippen molar-refractivity contribution in [1.29, 1.82) is 0 Å². The Labute approximate surface area is 162 Å². The summed E-state index contributed by atoms with van der Waals surface area (Å²) in [5, 5.41) is 9.00. The van der Waals surface area contributed by atoms with Gasteiger partial charge in [-0.25, -0.2) is 10.1 Å². The Kier molecular flexibility index (Phi) is 5.88. The number of hydrazone groups is 1. The fraction of sp³-hybridized carbons (Fsp3) is 0.150. The zero-order valence-electron chi connectivity index (χ0n) is 15.0. The van der Waals surface area contributed by atoms with Gasteiger partial charge in [0, 0.05) is 5.56 Å². The van der Waals surface area contributed by atoms with Crippen LogP contribution in [0.25, 0.3) is 5.69 Å². The minimum Gasteiger partial charge on any atom is -0.482 e. The smallest absolute Gasteiger partial charge is 0.277 e. The van der Waals surface area contributed by atoms with Crippen LogP contribution in [0.4, 0.5) is 0 Å². The number of amides is 1. The third-order valence-electron chi connectivity index (χ3n) is 3.93. The number of carbonyl (C=O) groups is 1. The summed E-state index contributed by atoms with van der Waals surface area (Å²) in [6.07, 6.45) is 1.59. The highest BCUT2D eigenvalue weighted by molar-refractivity contribution is 6.32. The number of nitrogens with one attached hydrogen (secondary N) is 1. The lowest BCUT2D eigenvalue weighted by molar-refractivity contribution is -0.123. The molecule has 3 aromatic rings. The zero-order chi connectivity index (χ0) is 19.2. The Morgan fingerprint density at radius 1 is 1.19 bits per heavy atom. The van der Waals surface area contributed by atoms with Crippen molar-refractivity contribution in [2.75, 3.05) is 6.61 Å². The molecule has 0 atom stereocenters. The van der Waals surface area contributed by atoms with Gasteiger partial charge in [-0.05, 0) is 38.1 Å². The molecule has 0 aliphatic rings. The summed E-state index contributed by atoms with van der Waals surface area (Å²) in [4.78, 5) is 11.9. The van der Waals surface area contributed by atoms with Crippen molar-refractivity contribution in [3.05, 3.63) is 76.6 Å². The number of nitrogens with zero attached hydrogens (tertiary/aromatic N) is 3. The van der Waals surface area contributed by atoms with Crippen LogP contribution in [0, 0.1) is 13.8 Å². The monoisotopic (exact) mass is 382 g/mol. The topological polar surface area (TPSA) is 68.5 Å². The van der Waals surface area contributed by atoms with Gasteiger partial charge in [0.1, 0.15) is 5.75 Å². The van der Waals surface area contributed by atoms with Gasteiger partial charge >= 0.3 is 0 Å². The first-order valence-electron chi connectivity index (χ1n) is 8.37. The predicted molar refractivity (Wildman–Crippen MR) is 106 cm³/mol. The summed E-state index contributed by atoms with van der Waals surface area (Å²) in [5.74, 6) is 0.0750. The van der Waals surface area contributed by atoms with E-state index in [1.165, 1.54) is 0 Å². The molecule has 1 aromatic heterocycles. The molecule has 0 saturated heterocycles. The lowest BCUT2D eigenvalue weighted by atomic mass is 10.2. The molecule has 0 radical (unpaired) electrons. The fourth-order valence-corrected chi connectivity index (χ4v) is 2.76. The lowest BCUT2D eigenvalue weighted by Gasteiger charge is -2.06. The maximum Gasteiger partial charge on any atom is 0.277 e. The molecule has 1 N–H and O–H groups in total. The molecule has 3 rings (SSSR count). The van der Waals surface area contributed by atoms with Crippen LogP contribution < -0.4 is 10.2 Å². The normalized spacial score (nSPS) is 10.9. The van der Waals surface area contributed by atoms with Gasteiger partial charge < -0.3 is 4.74 Å². The van der Waals surface area contributed by atoms with Crippen molar-refractivity contribution in [3.63, 3.8) is 0 Å². The molecular formula is C20H19ClN4O2. The van der Waals surface area contributed by atoms with Crippen molar-refractivity contribution in [2.24, 2.45) is 5.10 Å². The number of aryl methyl sites for hydroxylation is 1. The molecule has 0 spiro atoms.